The Morgan fingerprint density at radius 3 is 2.16 bits per heavy atom. The Hall–Kier alpha value is -1.60. The summed E-state index contributed by atoms with van der Waals surface area (Å²) in [6.45, 7) is 6.64. The molecule has 0 aliphatic heterocycles. The van der Waals surface area contributed by atoms with Gasteiger partial charge in [0.2, 0.25) is 0 Å². The van der Waals surface area contributed by atoms with E-state index in [0.29, 0.717) is 0 Å². The molecule has 1 N–H and O–H groups in total. The normalized spacial score (nSPS) is 13.3. The first-order chi connectivity index (χ1) is 9.06. The summed E-state index contributed by atoms with van der Waals surface area (Å²) in [5.41, 5.74) is 3.27. The van der Waals surface area contributed by atoms with Crippen molar-refractivity contribution in [3.05, 3.63) is 71.3 Å². The smallest absolute Gasteiger partial charge is 0.104 e. The van der Waals surface area contributed by atoms with Crippen LogP contribution in [0.2, 0.25) is 0 Å². The highest BCUT2D eigenvalue weighted by Crippen LogP contribution is 2.34. The molecule has 0 aliphatic rings. The van der Waals surface area contributed by atoms with Crippen LogP contribution in [0.3, 0.4) is 0 Å². The van der Waals surface area contributed by atoms with E-state index in [1.54, 1.807) is 0 Å². The maximum absolute atomic E-state index is 10.6. The van der Waals surface area contributed by atoms with Crippen molar-refractivity contribution < 1.29 is 5.11 Å². The second-order valence-electron chi connectivity index (χ2n) is 5.64. The van der Waals surface area contributed by atoms with E-state index in [1.807, 2.05) is 48.5 Å². The van der Waals surface area contributed by atoms with E-state index in [0.717, 1.165) is 17.5 Å². The predicted molar refractivity (Wildman–Crippen MR) is 80.3 cm³/mol. The van der Waals surface area contributed by atoms with Gasteiger partial charge in [-0.25, -0.2) is 0 Å². The van der Waals surface area contributed by atoms with Gasteiger partial charge in [-0.1, -0.05) is 75.4 Å². The molecule has 2 aromatic carbocycles. The average molecular weight is 254 g/mol. The van der Waals surface area contributed by atoms with Crippen LogP contribution in [0.4, 0.5) is 0 Å². The lowest BCUT2D eigenvalue weighted by Gasteiger charge is -2.28. The molecule has 2 aromatic rings. The van der Waals surface area contributed by atoms with Crippen LogP contribution in [0.15, 0.2) is 54.6 Å². The van der Waals surface area contributed by atoms with E-state index in [9.17, 15) is 5.11 Å². The van der Waals surface area contributed by atoms with Crippen LogP contribution < -0.4 is 0 Å². The molecule has 2 rings (SSSR count). The Bertz CT molecular complexity index is 528. The molecule has 0 unspecified atom stereocenters. The first-order valence-electron chi connectivity index (χ1n) is 6.88. The number of benzene rings is 2. The van der Waals surface area contributed by atoms with Gasteiger partial charge in [0.05, 0.1) is 0 Å². The van der Waals surface area contributed by atoms with Crippen LogP contribution >= 0.6 is 0 Å². The van der Waals surface area contributed by atoms with Crippen molar-refractivity contribution in [1.29, 1.82) is 0 Å². The van der Waals surface area contributed by atoms with Gasteiger partial charge in [-0.05, 0) is 28.5 Å². The molecule has 100 valence electrons. The molecule has 19 heavy (non-hydrogen) atoms. The highest BCUT2D eigenvalue weighted by atomic mass is 16.3. The topological polar surface area (TPSA) is 20.2 Å². The third-order valence-electron chi connectivity index (χ3n) is 3.98. The fourth-order valence-corrected chi connectivity index (χ4v) is 2.36. The van der Waals surface area contributed by atoms with Gasteiger partial charge in [0.1, 0.15) is 6.10 Å². The third kappa shape index (κ3) is 2.87. The van der Waals surface area contributed by atoms with Crippen LogP contribution in [0.1, 0.15) is 50.0 Å². The van der Waals surface area contributed by atoms with Crippen LogP contribution in [0, 0.1) is 0 Å². The monoisotopic (exact) mass is 254 g/mol. The average Bonchev–Trinajstić information content (AvgIpc) is 2.47. The standard InChI is InChI=1S/C18H22O/c1-4-18(2,3)16-13-9-8-12-15(16)17(19)14-10-6-5-7-11-14/h5-13,17,19H,4H2,1-3H3/t17-/m0/s1. The summed E-state index contributed by atoms with van der Waals surface area (Å²) in [4.78, 5) is 0. The molecule has 0 spiro atoms. The van der Waals surface area contributed by atoms with Crippen LogP contribution in [-0.2, 0) is 5.41 Å². The second kappa shape index (κ2) is 5.58. The van der Waals surface area contributed by atoms with Gasteiger partial charge in [-0.3, -0.25) is 0 Å². The molecule has 0 aliphatic carbocycles. The van der Waals surface area contributed by atoms with Crippen molar-refractivity contribution in [2.45, 2.75) is 38.7 Å². The molecular formula is C18H22O. The van der Waals surface area contributed by atoms with E-state index in [-0.39, 0.29) is 5.41 Å². The summed E-state index contributed by atoms with van der Waals surface area (Å²) < 4.78 is 0. The van der Waals surface area contributed by atoms with E-state index < -0.39 is 6.10 Å². The highest BCUT2D eigenvalue weighted by Gasteiger charge is 2.24. The van der Waals surface area contributed by atoms with Crippen molar-refractivity contribution in [3.63, 3.8) is 0 Å². The maximum Gasteiger partial charge on any atom is 0.104 e. The molecule has 0 saturated carbocycles. The van der Waals surface area contributed by atoms with Crippen molar-refractivity contribution in [2.24, 2.45) is 0 Å². The van der Waals surface area contributed by atoms with E-state index in [1.165, 1.54) is 5.56 Å². The first kappa shape index (κ1) is 13.8. The minimum absolute atomic E-state index is 0.0757. The zero-order valence-electron chi connectivity index (χ0n) is 11.9. The fourth-order valence-electron chi connectivity index (χ4n) is 2.36. The zero-order valence-corrected chi connectivity index (χ0v) is 11.9. The number of aliphatic hydroxyl groups excluding tert-OH is 1. The molecule has 0 radical (unpaired) electrons. The first-order valence-corrected chi connectivity index (χ1v) is 6.88. The Kier molecular flexibility index (Phi) is 4.06. The molecule has 1 nitrogen and oxygen atoms in total. The van der Waals surface area contributed by atoms with Gasteiger partial charge in [-0.15, -0.1) is 0 Å². The van der Waals surface area contributed by atoms with Gasteiger partial charge in [0.15, 0.2) is 0 Å². The van der Waals surface area contributed by atoms with Crippen molar-refractivity contribution in [2.75, 3.05) is 0 Å². The molecule has 0 fully saturated rings. The van der Waals surface area contributed by atoms with Crippen LogP contribution in [0.5, 0.6) is 0 Å². The lowest BCUT2D eigenvalue weighted by Crippen LogP contribution is -2.19. The Balaban J connectivity index is 2.46. The largest absolute Gasteiger partial charge is 0.384 e. The molecule has 0 saturated heterocycles. The minimum Gasteiger partial charge on any atom is -0.384 e. The molecule has 0 amide bonds. The van der Waals surface area contributed by atoms with E-state index >= 15 is 0 Å². The van der Waals surface area contributed by atoms with Gasteiger partial charge < -0.3 is 5.11 Å². The molecular weight excluding hydrogens is 232 g/mol. The lowest BCUT2D eigenvalue weighted by molar-refractivity contribution is 0.217. The number of hydrogen-bond donors (Lipinski definition) is 1. The van der Waals surface area contributed by atoms with Crippen molar-refractivity contribution in [1.82, 2.24) is 0 Å². The van der Waals surface area contributed by atoms with E-state index in [2.05, 4.69) is 26.8 Å². The summed E-state index contributed by atoms with van der Waals surface area (Å²) in [7, 11) is 0. The van der Waals surface area contributed by atoms with Gasteiger partial charge >= 0.3 is 0 Å². The summed E-state index contributed by atoms with van der Waals surface area (Å²) in [5.74, 6) is 0. The fraction of sp³-hybridized carbons (Fsp3) is 0.333. The Morgan fingerprint density at radius 1 is 0.947 bits per heavy atom. The van der Waals surface area contributed by atoms with Gasteiger partial charge in [0, 0.05) is 0 Å². The van der Waals surface area contributed by atoms with Crippen molar-refractivity contribution in [3.8, 4) is 0 Å². The minimum atomic E-state index is -0.553. The molecule has 0 bridgehead atoms. The summed E-state index contributed by atoms with van der Waals surface area (Å²) >= 11 is 0. The van der Waals surface area contributed by atoms with Crippen molar-refractivity contribution >= 4 is 0 Å². The zero-order chi connectivity index (χ0) is 13.9. The quantitative estimate of drug-likeness (QED) is 0.854. The Labute approximate surface area is 115 Å². The second-order valence-corrected chi connectivity index (χ2v) is 5.64. The lowest BCUT2D eigenvalue weighted by atomic mass is 9.78. The molecule has 1 heteroatoms. The number of aliphatic hydroxyl groups is 1. The third-order valence-corrected chi connectivity index (χ3v) is 3.98. The Morgan fingerprint density at radius 2 is 1.53 bits per heavy atom. The number of rotatable bonds is 4. The number of hydrogen-bond acceptors (Lipinski definition) is 1. The van der Waals surface area contributed by atoms with Gasteiger partial charge in [0.25, 0.3) is 0 Å². The maximum atomic E-state index is 10.6. The molecule has 1 atom stereocenters. The SMILES string of the molecule is CCC(C)(C)c1ccccc1[C@@H](O)c1ccccc1. The van der Waals surface area contributed by atoms with Crippen LogP contribution in [-0.4, -0.2) is 5.11 Å². The summed E-state index contributed by atoms with van der Waals surface area (Å²) in [6, 6.07) is 18.1. The molecule has 0 heterocycles. The van der Waals surface area contributed by atoms with Crippen LogP contribution in [0.25, 0.3) is 0 Å². The predicted octanol–water partition coefficient (Wildman–Crippen LogP) is 4.46. The van der Waals surface area contributed by atoms with Gasteiger partial charge in [-0.2, -0.15) is 0 Å². The summed E-state index contributed by atoms with van der Waals surface area (Å²) in [5, 5.41) is 10.6. The molecule has 0 aromatic heterocycles. The summed E-state index contributed by atoms with van der Waals surface area (Å²) in [6.07, 6.45) is 0.495. The van der Waals surface area contributed by atoms with E-state index in [4.69, 9.17) is 0 Å². The highest BCUT2D eigenvalue weighted by molar-refractivity contribution is 5.39.